The van der Waals surface area contributed by atoms with Gasteiger partial charge in [0.05, 0.1) is 22.1 Å². The van der Waals surface area contributed by atoms with E-state index in [1.54, 1.807) is 0 Å². The summed E-state index contributed by atoms with van der Waals surface area (Å²) in [6.45, 7) is 0. The molecule has 254 valence electrons. The third kappa shape index (κ3) is 3.86. The van der Waals surface area contributed by atoms with Crippen molar-refractivity contribution in [1.29, 1.82) is 0 Å². The minimum Gasteiger partial charge on any atom is -0.456 e. The monoisotopic (exact) mass is 701 g/mol. The first-order chi connectivity index (χ1) is 27.3. The quantitative estimate of drug-likeness (QED) is 0.168. The Hall–Kier alpha value is -7.50. The largest absolute Gasteiger partial charge is 0.456 e. The van der Waals surface area contributed by atoms with E-state index in [1.165, 1.54) is 43.1 Å². The Labute approximate surface area is 312 Å². The molecule has 0 spiro atoms. The van der Waals surface area contributed by atoms with Crippen LogP contribution in [0.1, 0.15) is 0 Å². The lowest BCUT2D eigenvalue weighted by Gasteiger charge is -2.13. The van der Waals surface area contributed by atoms with Crippen LogP contribution in [0.4, 0.5) is 0 Å². The van der Waals surface area contributed by atoms with Gasteiger partial charge >= 0.3 is 0 Å². The minimum atomic E-state index is 0.541. The van der Waals surface area contributed by atoms with E-state index in [0.29, 0.717) is 11.7 Å². The van der Waals surface area contributed by atoms with E-state index in [9.17, 15) is 0 Å². The minimum absolute atomic E-state index is 0.541. The lowest BCUT2D eigenvalue weighted by Crippen LogP contribution is -2.03. The Balaban J connectivity index is 1.24. The fourth-order valence-electron chi connectivity index (χ4n) is 9.28. The van der Waals surface area contributed by atoms with Crippen LogP contribution in [0.25, 0.3) is 126 Å². The third-order valence-electron chi connectivity index (χ3n) is 11.6. The van der Waals surface area contributed by atoms with E-state index in [-0.39, 0.29) is 0 Å². The molecule has 0 bridgehead atoms. The Morgan fingerprint density at radius 3 is 1.71 bits per heavy atom. The molecule has 55 heavy (non-hydrogen) atoms. The average Bonchev–Trinajstić information content (AvgIpc) is 3.92. The summed E-state index contributed by atoms with van der Waals surface area (Å²) in [5.74, 6) is 0.547. The van der Waals surface area contributed by atoms with Crippen LogP contribution < -0.4 is 0 Å². The highest BCUT2D eigenvalue weighted by molar-refractivity contribution is 6.36. The van der Waals surface area contributed by atoms with Crippen molar-refractivity contribution >= 4 is 109 Å². The van der Waals surface area contributed by atoms with E-state index in [0.717, 1.165) is 71.4 Å². The number of aromatic nitrogens is 3. The molecule has 0 unspecified atom stereocenters. The van der Waals surface area contributed by atoms with Gasteiger partial charge in [0.1, 0.15) is 16.7 Å². The van der Waals surface area contributed by atoms with Crippen LogP contribution in [0.2, 0.25) is 0 Å². The number of furan rings is 2. The maximum atomic E-state index is 6.62. The van der Waals surface area contributed by atoms with E-state index < -0.39 is 0 Å². The van der Waals surface area contributed by atoms with E-state index in [2.05, 4.69) is 126 Å². The summed E-state index contributed by atoms with van der Waals surface area (Å²) in [7, 11) is 0. The average molecular weight is 702 g/mol. The molecule has 4 aromatic heterocycles. The summed E-state index contributed by atoms with van der Waals surface area (Å²) < 4.78 is 15.2. The highest BCUT2D eigenvalue weighted by Gasteiger charge is 2.25. The fourth-order valence-corrected chi connectivity index (χ4v) is 9.28. The fraction of sp³-hybridized carbons (Fsp3) is 0. The molecule has 13 aromatic rings. The molecule has 9 aromatic carbocycles. The summed E-state index contributed by atoms with van der Waals surface area (Å²) in [4.78, 5) is 10.9. The molecule has 5 heteroatoms. The predicted octanol–water partition coefficient (Wildman–Crippen LogP) is 13.7. The van der Waals surface area contributed by atoms with Crippen molar-refractivity contribution in [3.63, 3.8) is 0 Å². The zero-order valence-corrected chi connectivity index (χ0v) is 29.2. The Morgan fingerprint density at radius 2 is 0.945 bits per heavy atom. The molecule has 0 aliphatic carbocycles. The summed E-state index contributed by atoms with van der Waals surface area (Å²) in [6, 6.07) is 57.8. The van der Waals surface area contributed by atoms with Crippen LogP contribution in [-0.2, 0) is 0 Å². The molecule has 0 amide bonds. The topological polar surface area (TPSA) is 57.0 Å². The van der Waals surface area contributed by atoms with Gasteiger partial charge in [-0.15, -0.1) is 0 Å². The molecule has 4 heterocycles. The second-order valence-corrected chi connectivity index (χ2v) is 14.5. The maximum absolute atomic E-state index is 6.62. The number of hydrogen-bond acceptors (Lipinski definition) is 4. The molecule has 13 rings (SSSR count). The number of benzene rings is 9. The molecule has 0 saturated carbocycles. The lowest BCUT2D eigenvalue weighted by molar-refractivity contribution is 0.651. The Morgan fingerprint density at radius 1 is 0.364 bits per heavy atom. The summed E-state index contributed by atoms with van der Waals surface area (Å²) in [6.07, 6.45) is 0. The van der Waals surface area contributed by atoms with Crippen molar-refractivity contribution in [1.82, 2.24) is 14.5 Å². The van der Waals surface area contributed by atoms with Gasteiger partial charge in [0, 0.05) is 37.9 Å². The first-order valence-electron chi connectivity index (χ1n) is 18.6. The van der Waals surface area contributed by atoms with Crippen molar-refractivity contribution in [2.24, 2.45) is 0 Å². The van der Waals surface area contributed by atoms with E-state index >= 15 is 0 Å². The summed E-state index contributed by atoms with van der Waals surface area (Å²) in [5, 5.41) is 16.0. The summed E-state index contributed by atoms with van der Waals surface area (Å²) >= 11 is 0. The van der Waals surface area contributed by atoms with Crippen molar-refractivity contribution in [3.8, 4) is 17.2 Å². The number of rotatable bonds is 2. The molecule has 5 nitrogen and oxygen atoms in total. The number of hydrogen-bond donors (Lipinski definition) is 0. The van der Waals surface area contributed by atoms with Crippen LogP contribution >= 0.6 is 0 Å². The van der Waals surface area contributed by atoms with Crippen LogP contribution in [0.15, 0.2) is 173 Å². The van der Waals surface area contributed by atoms with Crippen molar-refractivity contribution in [3.05, 3.63) is 164 Å². The molecule has 0 atom stereocenters. The Kier molecular flexibility index (Phi) is 5.57. The molecular formula is C50H27N3O2. The van der Waals surface area contributed by atoms with Crippen molar-refractivity contribution in [2.45, 2.75) is 0 Å². The first kappa shape index (κ1) is 29.0. The predicted molar refractivity (Wildman–Crippen MR) is 226 cm³/mol. The van der Waals surface area contributed by atoms with Gasteiger partial charge in [-0.2, -0.15) is 4.98 Å². The molecule has 0 saturated heterocycles. The lowest BCUT2D eigenvalue weighted by atomic mass is 9.91. The molecule has 0 fully saturated rings. The van der Waals surface area contributed by atoms with Gasteiger partial charge in [0.25, 0.3) is 0 Å². The maximum Gasteiger partial charge on any atom is 0.238 e. The zero-order valence-electron chi connectivity index (χ0n) is 29.2. The van der Waals surface area contributed by atoms with Crippen LogP contribution in [0.5, 0.6) is 0 Å². The molecule has 0 radical (unpaired) electrons. The van der Waals surface area contributed by atoms with E-state index in [4.69, 9.17) is 18.8 Å². The van der Waals surface area contributed by atoms with Crippen LogP contribution in [0, 0.1) is 0 Å². The molecule has 0 N–H and O–H groups in total. The summed E-state index contributed by atoms with van der Waals surface area (Å²) in [5.41, 5.74) is 6.80. The molecule has 0 aliphatic heterocycles. The van der Waals surface area contributed by atoms with Gasteiger partial charge < -0.3 is 8.83 Å². The second kappa shape index (κ2) is 10.6. The molecular weight excluding hydrogens is 675 g/mol. The van der Waals surface area contributed by atoms with Crippen molar-refractivity contribution in [2.75, 3.05) is 0 Å². The number of nitrogens with zero attached hydrogens (tertiary/aromatic N) is 3. The first-order valence-corrected chi connectivity index (χ1v) is 18.6. The second-order valence-electron chi connectivity index (χ2n) is 14.5. The van der Waals surface area contributed by atoms with Gasteiger partial charge in [0.15, 0.2) is 0 Å². The number of para-hydroxylation sites is 2. The van der Waals surface area contributed by atoms with E-state index in [1.807, 2.05) is 42.5 Å². The standard InChI is InChI=1S/C50H27N3O2/c1-2-13-29-27-40-38(26-28(29)12-1)46-39(25-24-34-32-16-4-3-14-30(32)31-15-5-6-17-33(31)45(34)46)53(40)50-51-48(47-36-19-8-10-22-42(36)55-49(47)52-50)37-20-11-23-43-44(37)35-18-7-9-21-41(35)54-43/h1-27H. The Bertz CT molecular complexity index is 3760. The SMILES string of the molecule is c1ccc2cc3c(cc2c1)c1c2c4ccccc4c4ccccc4c2ccc1n3-c1nc(-c2cccc3oc4ccccc4c23)c2c(n1)oc1ccccc12. The normalized spacial score (nSPS) is 12.4. The molecule has 0 aliphatic rings. The van der Waals surface area contributed by atoms with Crippen LogP contribution in [0.3, 0.4) is 0 Å². The van der Waals surface area contributed by atoms with Gasteiger partial charge in [-0.3, -0.25) is 4.57 Å². The van der Waals surface area contributed by atoms with Gasteiger partial charge in [-0.05, 0) is 74.1 Å². The van der Waals surface area contributed by atoms with Crippen molar-refractivity contribution < 1.29 is 8.83 Å². The van der Waals surface area contributed by atoms with Gasteiger partial charge in [-0.1, -0.05) is 127 Å². The number of fused-ring (bicyclic) bond motifs is 17. The highest BCUT2D eigenvalue weighted by atomic mass is 16.3. The third-order valence-corrected chi connectivity index (χ3v) is 11.6. The van der Waals surface area contributed by atoms with Gasteiger partial charge in [-0.25, -0.2) is 4.98 Å². The zero-order chi connectivity index (χ0) is 35.8. The smallest absolute Gasteiger partial charge is 0.238 e. The van der Waals surface area contributed by atoms with Gasteiger partial charge in [0.2, 0.25) is 11.7 Å². The highest BCUT2D eigenvalue weighted by Crippen LogP contribution is 2.46. The van der Waals surface area contributed by atoms with Crippen LogP contribution in [-0.4, -0.2) is 14.5 Å².